The van der Waals surface area contributed by atoms with Crippen molar-refractivity contribution >= 4 is 5.97 Å². The summed E-state index contributed by atoms with van der Waals surface area (Å²) < 4.78 is 42.1. The molecule has 0 amide bonds. The molecule has 0 aliphatic heterocycles. The van der Waals surface area contributed by atoms with Crippen molar-refractivity contribution in [3.63, 3.8) is 0 Å². The Balaban J connectivity index is 2.22. The fraction of sp³-hybridized carbons (Fsp3) is 0.900. The number of carbonyl (C=O) groups is 1. The summed E-state index contributed by atoms with van der Waals surface area (Å²) in [6.45, 7) is 1.84. The molecule has 0 heterocycles. The van der Waals surface area contributed by atoms with Crippen molar-refractivity contribution in [1.29, 1.82) is 0 Å². The molecule has 6 heteroatoms. The zero-order chi connectivity index (χ0) is 12.2. The number of halogens is 3. The summed E-state index contributed by atoms with van der Waals surface area (Å²) in [5.41, 5.74) is -1.84. The lowest BCUT2D eigenvalue weighted by Gasteiger charge is -2.20. The van der Waals surface area contributed by atoms with Gasteiger partial charge in [-0.2, -0.15) is 13.2 Å². The lowest BCUT2D eigenvalue weighted by atomic mass is 10.2. The van der Waals surface area contributed by atoms with E-state index in [2.05, 4.69) is 5.32 Å². The smallest absolute Gasteiger partial charge is 0.406 e. The molecular weight excluding hydrogens is 223 g/mol. The molecule has 3 nitrogen and oxygen atoms in total. The van der Waals surface area contributed by atoms with Crippen molar-refractivity contribution in [2.45, 2.75) is 44.3 Å². The summed E-state index contributed by atoms with van der Waals surface area (Å²) in [5.74, 6) is -0.621. The second kappa shape index (κ2) is 5.03. The van der Waals surface area contributed by atoms with E-state index in [0.717, 1.165) is 12.8 Å². The maximum Gasteiger partial charge on any atom is 0.406 e. The highest BCUT2D eigenvalue weighted by molar-refractivity contribution is 5.71. The van der Waals surface area contributed by atoms with Gasteiger partial charge in [-0.05, 0) is 19.3 Å². The van der Waals surface area contributed by atoms with E-state index in [9.17, 15) is 18.0 Å². The highest BCUT2D eigenvalue weighted by atomic mass is 19.4. The van der Waals surface area contributed by atoms with Gasteiger partial charge in [-0.3, -0.25) is 10.1 Å². The third-order valence-electron chi connectivity index (χ3n) is 2.62. The Bertz CT molecular complexity index is 249. The number of hydrogen-bond donors (Lipinski definition) is 1. The minimum Gasteiger partial charge on any atom is -0.465 e. The van der Waals surface area contributed by atoms with Gasteiger partial charge >= 0.3 is 12.1 Å². The predicted molar refractivity (Wildman–Crippen MR) is 51.9 cm³/mol. The number of alkyl halides is 3. The SMILES string of the molecule is CCCCOC(=O)CNC1(C(F)(F)F)CC1. The second-order valence-electron chi connectivity index (χ2n) is 4.01. The molecule has 0 unspecified atom stereocenters. The van der Waals surface area contributed by atoms with Crippen molar-refractivity contribution in [3.05, 3.63) is 0 Å². The monoisotopic (exact) mass is 239 g/mol. The van der Waals surface area contributed by atoms with Crippen molar-refractivity contribution < 1.29 is 22.7 Å². The van der Waals surface area contributed by atoms with Gasteiger partial charge in [-0.15, -0.1) is 0 Å². The number of unbranched alkanes of at least 4 members (excludes halogenated alkanes) is 1. The van der Waals surface area contributed by atoms with Crippen LogP contribution in [0.4, 0.5) is 13.2 Å². The zero-order valence-corrected chi connectivity index (χ0v) is 9.19. The Morgan fingerprint density at radius 1 is 1.44 bits per heavy atom. The van der Waals surface area contributed by atoms with E-state index >= 15 is 0 Å². The third kappa shape index (κ3) is 3.37. The van der Waals surface area contributed by atoms with Crippen LogP contribution >= 0.6 is 0 Å². The number of ether oxygens (including phenoxy) is 1. The van der Waals surface area contributed by atoms with E-state index in [1.54, 1.807) is 0 Å². The Hall–Kier alpha value is -0.780. The van der Waals surface area contributed by atoms with Crippen molar-refractivity contribution in [2.24, 2.45) is 0 Å². The van der Waals surface area contributed by atoms with Gasteiger partial charge in [-0.1, -0.05) is 13.3 Å². The number of nitrogens with one attached hydrogen (secondary N) is 1. The molecule has 0 aromatic carbocycles. The normalized spacial score (nSPS) is 18.2. The summed E-state index contributed by atoms with van der Waals surface area (Å²) >= 11 is 0. The molecule has 0 aromatic rings. The topological polar surface area (TPSA) is 38.3 Å². The minimum absolute atomic E-state index is 0.0404. The molecule has 1 N–H and O–H groups in total. The summed E-state index contributed by atoms with van der Waals surface area (Å²) in [6, 6.07) is 0. The summed E-state index contributed by atoms with van der Waals surface area (Å²) in [5, 5.41) is 2.24. The largest absolute Gasteiger partial charge is 0.465 e. The highest BCUT2D eigenvalue weighted by Gasteiger charge is 2.63. The van der Waals surface area contributed by atoms with Gasteiger partial charge in [0.05, 0.1) is 13.2 Å². The molecule has 0 aromatic heterocycles. The Kier molecular flexibility index (Phi) is 4.18. The van der Waals surface area contributed by atoms with Crippen molar-refractivity contribution in [1.82, 2.24) is 5.32 Å². The maximum atomic E-state index is 12.4. The van der Waals surface area contributed by atoms with Crippen LogP contribution in [0.25, 0.3) is 0 Å². The molecule has 1 saturated carbocycles. The Labute approximate surface area is 92.3 Å². The molecule has 0 spiro atoms. The molecule has 1 aliphatic carbocycles. The van der Waals surface area contributed by atoms with Crippen LogP contribution in [0.3, 0.4) is 0 Å². The first kappa shape index (κ1) is 13.3. The van der Waals surface area contributed by atoms with Crippen LogP contribution in [0, 0.1) is 0 Å². The first-order valence-corrected chi connectivity index (χ1v) is 5.39. The van der Waals surface area contributed by atoms with E-state index in [1.165, 1.54) is 0 Å². The Morgan fingerprint density at radius 3 is 2.50 bits per heavy atom. The summed E-state index contributed by atoms with van der Waals surface area (Å²) in [4.78, 5) is 11.1. The molecule has 1 fully saturated rings. The lowest BCUT2D eigenvalue weighted by Crippen LogP contribution is -2.47. The molecule has 0 saturated heterocycles. The van der Waals surface area contributed by atoms with E-state index in [4.69, 9.17) is 4.74 Å². The van der Waals surface area contributed by atoms with Crippen LogP contribution in [-0.2, 0) is 9.53 Å². The van der Waals surface area contributed by atoms with E-state index < -0.39 is 17.7 Å². The molecule has 1 aliphatic rings. The molecule has 1 rings (SSSR count). The molecule has 0 atom stereocenters. The lowest BCUT2D eigenvalue weighted by molar-refractivity contribution is -0.168. The molecule has 94 valence electrons. The maximum absolute atomic E-state index is 12.4. The van der Waals surface area contributed by atoms with Gasteiger partial charge < -0.3 is 4.74 Å². The third-order valence-corrected chi connectivity index (χ3v) is 2.62. The Morgan fingerprint density at radius 2 is 2.06 bits per heavy atom. The van der Waals surface area contributed by atoms with Crippen molar-refractivity contribution in [2.75, 3.05) is 13.2 Å². The van der Waals surface area contributed by atoms with E-state index in [0.29, 0.717) is 0 Å². The molecule has 0 radical (unpaired) electrons. The number of rotatable bonds is 6. The van der Waals surface area contributed by atoms with Crippen LogP contribution in [0.5, 0.6) is 0 Å². The quantitative estimate of drug-likeness (QED) is 0.569. The first-order chi connectivity index (χ1) is 7.41. The van der Waals surface area contributed by atoms with Gasteiger partial charge in [0.25, 0.3) is 0 Å². The number of esters is 1. The average Bonchev–Trinajstić information content (AvgIpc) is 2.95. The van der Waals surface area contributed by atoms with Gasteiger partial charge in [0.1, 0.15) is 5.54 Å². The van der Waals surface area contributed by atoms with Crippen LogP contribution in [-0.4, -0.2) is 30.8 Å². The fourth-order valence-electron chi connectivity index (χ4n) is 1.31. The van der Waals surface area contributed by atoms with E-state index in [1.807, 2.05) is 6.92 Å². The van der Waals surface area contributed by atoms with Crippen LogP contribution in [0.2, 0.25) is 0 Å². The predicted octanol–water partition coefficient (Wildman–Crippen LogP) is 2.01. The number of carbonyl (C=O) groups excluding carboxylic acids is 1. The fourth-order valence-corrected chi connectivity index (χ4v) is 1.31. The van der Waals surface area contributed by atoms with Gasteiger partial charge in [0.15, 0.2) is 0 Å². The summed E-state index contributed by atoms with van der Waals surface area (Å²) in [7, 11) is 0. The molecule has 0 bridgehead atoms. The van der Waals surface area contributed by atoms with Crippen LogP contribution < -0.4 is 5.32 Å². The van der Waals surface area contributed by atoms with Crippen LogP contribution in [0.1, 0.15) is 32.6 Å². The average molecular weight is 239 g/mol. The number of hydrogen-bond acceptors (Lipinski definition) is 3. The molecular formula is C10H16F3NO2. The van der Waals surface area contributed by atoms with Gasteiger partial charge in [-0.25, -0.2) is 0 Å². The highest BCUT2D eigenvalue weighted by Crippen LogP contribution is 2.48. The zero-order valence-electron chi connectivity index (χ0n) is 9.19. The summed E-state index contributed by atoms with van der Waals surface area (Å²) in [6.07, 6.45) is -2.59. The van der Waals surface area contributed by atoms with Gasteiger partial charge in [0, 0.05) is 0 Å². The molecule has 16 heavy (non-hydrogen) atoms. The standard InChI is InChI=1S/C10H16F3NO2/c1-2-3-6-16-8(15)7-14-9(4-5-9)10(11,12)13/h14H,2-7H2,1H3. The van der Waals surface area contributed by atoms with E-state index in [-0.39, 0.29) is 26.0 Å². The van der Waals surface area contributed by atoms with Crippen molar-refractivity contribution in [3.8, 4) is 0 Å². The second-order valence-corrected chi connectivity index (χ2v) is 4.01. The van der Waals surface area contributed by atoms with Crippen LogP contribution in [0.15, 0.2) is 0 Å². The first-order valence-electron chi connectivity index (χ1n) is 5.39. The van der Waals surface area contributed by atoms with Gasteiger partial charge in [0.2, 0.25) is 0 Å². The minimum atomic E-state index is -4.28.